The fraction of sp³-hybridized carbons (Fsp3) is 0.297. The summed E-state index contributed by atoms with van der Waals surface area (Å²) in [6.07, 6.45) is 0.885. The molecule has 0 saturated carbocycles. The Labute approximate surface area is 272 Å². The highest BCUT2D eigenvalue weighted by Gasteiger charge is 2.35. The summed E-state index contributed by atoms with van der Waals surface area (Å²) in [6.45, 7) is 7.34. The Morgan fingerprint density at radius 2 is 1.37 bits per heavy atom. The van der Waals surface area contributed by atoms with Gasteiger partial charge in [-0.1, -0.05) is 93.6 Å². The Balaban J connectivity index is 1.80. The van der Waals surface area contributed by atoms with E-state index in [0.717, 1.165) is 15.4 Å². The van der Waals surface area contributed by atoms with Crippen molar-refractivity contribution in [3.05, 3.63) is 132 Å². The number of anilines is 1. The van der Waals surface area contributed by atoms with E-state index >= 15 is 0 Å². The second-order valence-corrected chi connectivity index (χ2v) is 13.6. The first-order chi connectivity index (χ1) is 22.0. The number of nitrogens with zero attached hydrogens (tertiary/aromatic N) is 2. The Hall–Kier alpha value is -4.50. The smallest absolute Gasteiger partial charge is 0.264 e. The predicted octanol–water partition coefficient (Wildman–Crippen LogP) is 6.70. The zero-order valence-corrected chi connectivity index (χ0v) is 27.6. The molecule has 46 heavy (non-hydrogen) atoms. The average Bonchev–Trinajstić information content (AvgIpc) is 3.06. The van der Waals surface area contributed by atoms with E-state index in [1.807, 2.05) is 70.2 Å². The van der Waals surface area contributed by atoms with Gasteiger partial charge in [-0.05, 0) is 72.4 Å². The maximum atomic E-state index is 14.5. The molecule has 2 amide bonds. The molecule has 0 radical (unpaired) electrons. The number of amides is 2. The van der Waals surface area contributed by atoms with Crippen molar-refractivity contribution < 1.29 is 22.4 Å². The number of rotatable bonds is 14. The van der Waals surface area contributed by atoms with Crippen LogP contribution in [0.3, 0.4) is 0 Å². The van der Waals surface area contributed by atoms with Crippen LogP contribution in [-0.2, 0) is 32.6 Å². The van der Waals surface area contributed by atoms with Gasteiger partial charge in [0.25, 0.3) is 10.0 Å². The lowest BCUT2D eigenvalue weighted by Gasteiger charge is -2.34. The van der Waals surface area contributed by atoms with Gasteiger partial charge in [-0.2, -0.15) is 0 Å². The molecule has 7 nitrogen and oxygen atoms in total. The molecule has 4 rings (SSSR count). The van der Waals surface area contributed by atoms with E-state index in [0.29, 0.717) is 17.7 Å². The lowest BCUT2D eigenvalue weighted by atomic mass is 10.0. The summed E-state index contributed by atoms with van der Waals surface area (Å²) < 4.78 is 43.2. The van der Waals surface area contributed by atoms with Crippen molar-refractivity contribution in [1.82, 2.24) is 10.2 Å². The van der Waals surface area contributed by atoms with E-state index in [-0.39, 0.29) is 35.7 Å². The van der Waals surface area contributed by atoms with E-state index in [1.54, 1.807) is 42.5 Å². The van der Waals surface area contributed by atoms with Gasteiger partial charge in [0.05, 0.1) is 10.6 Å². The van der Waals surface area contributed by atoms with Crippen LogP contribution in [0.5, 0.6) is 0 Å². The van der Waals surface area contributed by atoms with Crippen molar-refractivity contribution in [2.24, 2.45) is 0 Å². The molecule has 0 fully saturated rings. The van der Waals surface area contributed by atoms with Crippen molar-refractivity contribution in [1.29, 1.82) is 0 Å². The molecule has 4 aromatic rings. The molecular formula is C37H42FN3O4S. The van der Waals surface area contributed by atoms with Gasteiger partial charge in [0.2, 0.25) is 11.8 Å². The fourth-order valence-electron chi connectivity index (χ4n) is 5.06. The standard InChI is InChI=1S/C37H42FN3O4S/c1-5-28(4)39-37(43)35(24-29-12-8-6-9-13-29)40(25-30-16-20-32(38)21-17-30)36(42)26-41(33-22-18-31(19-23-33)27(2)3)46(44,45)34-14-10-7-11-15-34/h6-23,27-28,35H,5,24-26H2,1-4H3,(H,39,43)/t28-,35+/m1/s1. The van der Waals surface area contributed by atoms with Crippen LogP contribution in [0, 0.1) is 5.82 Å². The van der Waals surface area contributed by atoms with Crippen molar-refractivity contribution in [3.63, 3.8) is 0 Å². The van der Waals surface area contributed by atoms with E-state index in [4.69, 9.17) is 0 Å². The van der Waals surface area contributed by atoms with Crippen LogP contribution >= 0.6 is 0 Å². The molecule has 0 heterocycles. The van der Waals surface area contributed by atoms with Crippen LogP contribution in [0.15, 0.2) is 114 Å². The molecule has 0 unspecified atom stereocenters. The zero-order valence-electron chi connectivity index (χ0n) is 26.8. The molecule has 2 atom stereocenters. The summed E-state index contributed by atoms with van der Waals surface area (Å²) >= 11 is 0. The largest absolute Gasteiger partial charge is 0.352 e. The number of benzene rings is 4. The predicted molar refractivity (Wildman–Crippen MR) is 180 cm³/mol. The fourth-order valence-corrected chi connectivity index (χ4v) is 6.49. The summed E-state index contributed by atoms with van der Waals surface area (Å²) in [5, 5.41) is 3.01. The van der Waals surface area contributed by atoms with Gasteiger partial charge in [0.15, 0.2) is 0 Å². The minimum atomic E-state index is -4.19. The molecule has 0 saturated heterocycles. The number of hydrogen-bond acceptors (Lipinski definition) is 4. The van der Waals surface area contributed by atoms with Crippen molar-refractivity contribution in [2.75, 3.05) is 10.8 Å². The van der Waals surface area contributed by atoms with Gasteiger partial charge < -0.3 is 10.2 Å². The first-order valence-electron chi connectivity index (χ1n) is 15.6. The number of halogens is 1. The summed E-state index contributed by atoms with van der Waals surface area (Å²) in [6, 6.07) is 29.0. The minimum Gasteiger partial charge on any atom is -0.352 e. The molecule has 0 aromatic heterocycles. The quantitative estimate of drug-likeness (QED) is 0.166. The Morgan fingerprint density at radius 1 is 0.783 bits per heavy atom. The van der Waals surface area contributed by atoms with Crippen molar-refractivity contribution >= 4 is 27.5 Å². The monoisotopic (exact) mass is 643 g/mol. The average molecular weight is 644 g/mol. The lowest BCUT2D eigenvalue weighted by Crippen LogP contribution is -2.54. The van der Waals surface area contributed by atoms with Gasteiger partial charge in [-0.25, -0.2) is 12.8 Å². The third kappa shape index (κ3) is 8.81. The van der Waals surface area contributed by atoms with Crippen LogP contribution in [0.2, 0.25) is 0 Å². The highest BCUT2D eigenvalue weighted by Crippen LogP contribution is 2.27. The van der Waals surface area contributed by atoms with Gasteiger partial charge in [0.1, 0.15) is 18.4 Å². The SMILES string of the molecule is CC[C@@H](C)NC(=O)[C@H](Cc1ccccc1)N(Cc1ccc(F)cc1)C(=O)CN(c1ccc(C(C)C)cc1)S(=O)(=O)c1ccccc1. The van der Waals surface area contributed by atoms with E-state index in [2.05, 4.69) is 5.32 Å². The molecule has 4 aromatic carbocycles. The summed E-state index contributed by atoms with van der Waals surface area (Å²) in [5.74, 6) is -1.13. The molecule has 0 bridgehead atoms. The highest BCUT2D eigenvalue weighted by atomic mass is 32.2. The number of sulfonamides is 1. The summed E-state index contributed by atoms with van der Waals surface area (Å²) in [7, 11) is -4.19. The highest BCUT2D eigenvalue weighted by molar-refractivity contribution is 7.92. The Kier molecular flexibility index (Phi) is 11.7. The van der Waals surface area contributed by atoms with Gasteiger partial charge in [0, 0.05) is 19.0 Å². The lowest BCUT2D eigenvalue weighted by molar-refractivity contribution is -0.140. The van der Waals surface area contributed by atoms with Crippen LogP contribution in [0.25, 0.3) is 0 Å². The second kappa shape index (κ2) is 15.7. The summed E-state index contributed by atoms with van der Waals surface area (Å²) in [4.78, 5) is 29.8. The van der Waals surface area contributed by atoms with Gasteiger partial charge >= 0.3 is 0 Å². The maximum absolute atomic E-state index is 14.5. The molecule has 0 spiro atoms. The second-order valence-electron chi connectivity index (χ2n) is 11.7. The Morgan fingerprint density at radius 3 is 1.93 bits per heavy atom. The van der Waals surface area contributed by atoms with Crippen LogP contribution in [0.4, 0.5) is 10.1 Å². The van der Waals surface area contributed by atoms with Gasteiger partial charge in [-0.15, -0.1) is 0 Å². The number of carbonyl (C=O) groups excluding carboxylic acids is 2. The van der Waals surface area contributed by atoms with Crippen molar-refractivity contribution in [2.45, 2.75) is 70.0 Å². The molecule has 0 aliphatic heterocycles. The number of nitrogens with one attached hydrogen (secondary N) is 1. The number of carbonyl (C=O) groups is 2. The normalized spacial score (nSPS) is 12.7. The van der Waals surface area contributed by atoms with E-state index in [9.17, 15) is 22.4 Å². The molecule has 0 aliphatic rings. The zero-order chi connectivity index (χ0) is 33.3. The third-order valence-electron chi connectivity index (χ3n) is 8.00. The molecule has 9 heteroatoms. The van der Waals surface area contributed by atoms with Crippen LogP contribution in [-0.4, -0.2) is 43.8 Å². The topological polar surface area (TPSA) is 86.8 Å². The third-order valence-corrected chi connectivity index (χ3v) is 9.78. The van der Waals surface area contributed by atoms with E-state index in [1.165, 1.54) is 29.2 Å². The first kappa shape index (κ1) is 34.4. The van der Waals surface area contributed by atoms with Gasteiger partial charge in [-0.3, -0.25) is 13.9 Å². The number of hydrogen-bond donors (Lipinski definition) is 1. The van der Waals surface area contributed by atoms with Crippen molar-refractivity contribution in [3.8, 4) is 0 Å². The van der Waals surface area contributed by atoms with Crippen LogP contribution < -0.4 is 9.62 Å². The molecular weight excluding hydrogens is 601 g/mol. The van der Waals surface area contributed by atoms with Crippen LogP contribution in [0.1, 0.15) is 56.7 Å². The summed E-state index contributed by atoms with van der Waals surface area (Å²) in [5.41, 5.74) is 2.78. The maximum Gasteiger partial charge on any atom is 0.264 e. The molecule has 0 aliphatic carbocycles. The van der Waals surface area contributed by atoms with E-state index < -0.39 is 34.3 Å². The molecule has 1 N–H and O–H groups in total. The minimum absolute atomic E-state index is 0.0317. The molecule has 242 valence electrons. The Bertz CT molecular complexity index is 1680. The first-order valence-corrected chi connectivity index (χ1v) is 17.0.